The van der Waals surface area contributed by atoms with Crippen molar-refractivity contribution in [3.05, 3.63) is 53.8 Å². The number of piperidine rings is 1. The molecule has 8 nitrogen and oxygen atoms in total. The van der Waals surface area contributed by atoms with Crippen LogP contribution in [-0.4, -0.2) is 65.9 Å². The van der Waals surface area contributed by atoms with Crippen LogP contribution in [-0.2, 0) is 19.9 Å². The Hall–Kier alpha value is -2.50. The first kappa shape index (κ1) is 24.1. The van der Waals surface area contributed by atoms with Crippen molar-refractivity contribution in [1.82, 2.24) is 14.5 Å². The third-order valence-electron chi connectivity index (χ3n) is 5.35. The number of likely N-dealkylation sites (tertiary alicyclic amines) is 1. The van der Waals surface area contributed by atoms with E-state index in [1.54, 1.807) is 25.9 Å². The smallest absolute Gasteiger partial charge is 0.319 e. The van der Waals surface area contributed by atoms with Crippen LogP contribution >= 0.6 is 0 Å². The molecule has 174 valence electrons. The molecule has 0 aliphatic carbocycles. The van der Waals surface area contributed by atoms with Crippen LogP contribution < -0.4 is 4.72 Å². The van der Waals surface area contributed by atoms with Gasteiger partial charge in [-0.3, -0.25) is 0 Å². The normalized spacial score (nSPS) is 15.6. The summed E-state index contributed by atoms with van der Waals surface area (Å²) in [6.45, 7) is 2.42. The number of nitrogens with zero attached hydrogens (tertiary/aromatic N) is 2. The Morgan fingerprint density at radius 3 is 2.12 bits per heavy atom. The number of urea groups is 1. The highest BCUT2D eigenvalue weighted by atomic mass is 32.2. The first-order chi connectivity index (χ1) is 14.9. The molecule has 0 saturated carbocycles. The molecule has 11 heteroatoms. The fourth-order valence-electron chi connectivity index (χ4n) is 3.54. The first-order valence-corrected chi connectivity index (χ1v) is 13.0. The van der Waals surface area contributed by atoms with Crippen LogP contribution in [0, 0.1) is 12.7 Å². The lowest BCUT2D eigenvalue weighted by Gasteiger charge is -2.33. The molecule has 0 atom stereocenters. The Morgan fingerprint density at radius 2 is 1.56 bits per heavy atom. The number of benzene rings is 2. The van der Waals surface area contributed by atoms with E-state index < -0.39 is 25.7 Å². The van der Waals surface area contributed by atoms with Gasteiger partial charge in [0.05, 0.1) is 14.7 Å². The van der Waals surface area contributed by atoms with Gasteiger partial charge in [-0.15, -0.1) is 0 Å². The van der Waals surface area contributed by atoms with Gasteiger partial charge in [-0.05, 0) is 61.7 Å². The number of rotatable bonds is 5. The molecular formula is C21H26FN3O5S2. The van der Waals surface area contributed by atoms with E-state index in [1.807, 2.05) is 0 Å². The highest BCUT2D eigenvalue weighted by molar-refractivity contribution is 7.91. The van der Waals surface area contributed by atoms with Crippen LogP contribution in [0.4, 0.5) is 9.18 Å². The van der Waals surface area contributed by atoms with Crippen molar-refractivity contribution in [2.45, 2.75) is 40.5 Å². The lowest BCUT2D eigenvalue weighted by atomic mass is 10.1. The van der Waals surface area contributed by atoms with Gasteiger partial charge in [0.2, 0.25) is 19.9 Å². The summed E-state index contributed by atoms with van der Waals surface area (Å²) >= 11 is 0. The molecule has 2 amide bonds. The minimum atomic E-state index is -4.02. The number of hydrogen-bond acceptors (Lipinski definition) is 5. The number of carbonyl (C=O) groups is 1. The van der Waals surface area contributed by atoms with E-state index in [4.69, 9.17) is 0 Å². The number of sulfonamides is 1. The number of hydrogen-bond donors (Lipinski definition) is 1. The molecule has 32 heavy (non-hydrogen) atoms. The molecule has 1 N–H and O–H groups in total. The average molecular weight is 484 g/mol. The summed E-state index contributed by atoms with van der Waals surface area (Å²) in [5.74, 6) is -0.571. The van der Waals surface area contributed by atoms with Gasteiger partial charge in [0.25, 0.3) is 0 Å². The maximum absolute atomic E-state index is 13.2. The van der Waals surface area contributed by atoms with Crippen LogP contribution in [0.2, 0.25) is 0 Å². The van der Waals surface area contributed by atoms with Crippen molar-refractivity contribution in [1.29, 1.82) is 0 Å². The lowest BCUT2D eigenvalue weighted by molar-refractivity contribution is 0.155. The van der Waals surface area contributed by atoms with Crippen LogP contribution in [0.1, 0.15) is 18.4 Å². The Morgan fingerprint density at radius 1 is 1.00 bits per heavy atom. The van der Waals surface area contributed by atoms with Crippen molar-refractivity contribution in [3.8, 4) is 0 Å². The Balaban J connectivity index is 1.82. The topological polar surface area (TPSA) is 104 Å². The van der Waals surface area contributed by atoms with E-state index in [0.717, 1.165) is 30.3 Å². The quantitative estimate of drug-likeness (QED) is 0.658. The molecule has 0 aromatic heterocycles. The third kappa shape index (κ3) is 5.11. The van der Waals surface area contributed by atoms with Gasteiger partial charge in [0.1, 0.15) is 5.82 Å². The summed E-state index contributed by atoms with van der Waals surface area (Å²) in [5.41, 5.74) is 0.399. The monoisotopic (exact) mass is 483 g/mol. The molecule has 2 aromatic carbocycles. The summed E-state index contributed by atoms with van der Waals surface area (Å²) in [7, 11) is -4.71. The van der Waals surface area contributed by atoms with Crippen LogP contribution in [0.5, 0.6) is 0 Å². The molecule has 0 unspecified atom stereocenters. The van der Waals surface area contributed by atoms with Crippen molar-refractivity contribution in [2.24, 2.45) is 0 Å². The molecule has 0 radical (unpaired) electrons. The van der Waals surface area contributed by atoms with Crippen LogP contribution in [0.25, 0.3) is 0 Å². The molecule has 0 spiro atoms. The number of sulfone groups is 1. The number of halogens is 1. The van der Waals surface area contributed by atoms with E-state index in [9.17, 15) is 26.0 Å². The molecule has 1 saturated heterocycles. The number of amides is 2. The van der Waals surface area contributed by atoms with Gasteiger partial charge in [0.15, 0.2) is 0 Å². The lowest BCUT2D eigenvalue weighted by Crippen LogP contribution is -2.49. The molecule has 1 aliphatic rings. The van der Waals surface area contributed by atoms with Gasteiger partial charge in [-0.2, -0.15) is 0 Å². The van der Waals surface area contributed by atoms with Gasteiger partial charge in [-0.25, -0.2) is 30.7 Å². The number of carbonyl (C=O) groups excluding carboxylic acids is 1. The van der Waals surface area contributed by atoms with Crippen LogP contribution in [0.15, 0.2) is 57.2 Å². The van der Waals surface area contributed by atoms with Gasteiger partial charge in [-0.1, -0.05) is 6.07 Å². The zero-order chi connectivity index (χ0) is 23.7. The zero-order valence-electron chi connectivity index (χ0n) is 18.1. The fraction of sp³-hybridized carbons (Fsp3) is 0.381. The minimum absolute atomic E-state index is 0.124. The van der Waals surface area contributed by atoms with E-state index in [0.29, 0.717) is 31.5 Å². The third-order valence-corrected chi connectivity index (χ3v) is 8.78. The van der Waals surface area contributed by atoms with Gasteiger partial charge in [0, 0.05) is 33.2 Å². The summed E-state index contributed by atoms with van der Waals surface area (Å²) in [6.07, 6.45) is 0.900. The van der Waals surface area contributed by atoms with Crippen molar-refractivity contribution in [2.75, 3.05) is 27.2 Å². The Labute approximate surface area is 188 Å². The summed E-state index contributed by atoms with van der Waals surface area (Å²) in [4.78, 5) is 14.7. The Kier molecular flexibility index (Phi) is 6.91. The molecule has 1 aliphatic heterocycles. The molecule has 2 aromatic rings. The average Bonchev–Trinajstić information content (AvgIpc) is 2.73. The number of nitrogens with one attached hydrogen (secondary N) is 1. The molecular weight excluding hydrogens is 457 g/mol. The zero-order valence-corrected chi connectivity index (χ0v) is 19.7. The van der Waals surface area contributed by atoms with E-state index in [1.165, 1.54) is 17.0 Å². The second kappa shape index (κ2) is 9.16. The predicted octanol–water partition coefficient (Wildman–Crippen LogP) is 2.39. The minimum Gasteiger partial charge on any atom is -0.331 e. The SMILES string of the molecule is Cc1ccc(S(=O)(=O)c2ccc(F)cc2)cc1S(=O)(=O)NC1CCN(C(=O)N(C)C)CC1. The second-order valence-electron chi connectivity index (χ2n) is 7.94. The van der Waals surface area contributed by atoms with Crippen LogP contribution in [0.3, 0.4) is 0 Å². The highest BCUT2D eigenvalue weighted by Crippen LogP contribution is 2.26. The van der Waals surface area contributed by atoms with Crippen molar-refractivity contribution in [3.63, 3.8) is 0 Å². The molecule has 1 heterocycles. The summed E-state index contributed by atoms with van der Waals surface area (Å²) < 4.78 is 67.7. The van der Waals surface area contributed by atoms with E-state index in [-0.39, 0.29) is 26.8 Å². The van der Waals surface area contributed by atoms with Crippen molar-refractivity contribution < 1.29 is 26.0 Å². The predicted molar refractivity (Wildman–Crippen MR) is 117 cm³/mol. The highest BCUT2D eigenvalue weighted by Gasteiger charge is 2.29. The molecule has 0 bridgehead atoms. The first-order valence-electron chi connectivity index (χ1n) is 10.0. The molecule has 3 rings (SSSR count). The van der Waals surface area contributed by atoms with Crippen molar-refractivity contribution >= 4 is 25.9 Å². The number of aryl methyl sites for hydroxylation is 1. The largest absolute Gasteiger partial charge is 0.331 e. The van der Waals surface area contributed by atoms with Gasteiger partial charge >= 0.3 is 6.03 Å². The summed E-state index contributed by atoms with van der Waals surface area (Å²) in [6, 6.07) is 7.74. The maximum atomic E-state index is 13.2. The Bertz CT molecular complexity index is 1200. The standard InChI is InChI=1S/C21H26FN3O5S2/c1-15-4-7-19(31(27,28)18-8-5-16(22)6-9-18)14-20(15)32(29,30)23-17-10-12-25(13-11-17)21(26)24(2)3/h4-9,14,17,23H,10-13H2,1-3H3. The summed E-state index contributed by atoms with van der Waals surface area (Å²) in [5, 5.41) is 0. The maximum Gasteiger partial charge on any atom is 0.319 e. The second-order valence-corrected chi connectivity index (χ2v) is 11.6. The molecule has 1 fully saturated rings. The van der Waals surface area contributed by atoms with E-state index in [2.05, 4.69) is 4.72 Å². The van der Waals surface area contributed by atoms with E-state index >= 15 is 0 Å². The van der Waals surface area contributed by atoms with Gasteiger partial charge < -0.3 is 9.80 Å². The fourth-order valence-corrected chi connectivity index (χ4v) is 6.48.